The van der Waals surface area contributed by atoms with Gasteiger partial charge in [-0.3, -0.25) is 4.98 Å². The van der Waals surface area contributed by atoms with Gasteiger partial charge in [0, 0.05) is 42.0 Å². The highest BCUT2D eigenvalue weighted by molar-refractivity contribution is 7.88. The van der Waals surface area contributed by atoms with E-state index in [0.717, 1.165) is 33.8 Å². The maximum absolute atomic E-state index is 11.9. The molecule has 2 N–H and O–H groups in total. The van der Waals surface area contributed by atoms with Crippen LogP contribution in [0.1, 0.15) is 6.42 Å². The van der Waals surface area contributed by atoms with Crippen molar-refractivity contribution in [3.05, 3.63) is 55.0 Å². The van der Waals surface area contributed by atoms with Gasteiger partial charge in [-0.15, -0.1) is 0 Å². The first-order valence-corrected chi connectivity index (χ1v) is 12.0. The molecule has 0 saturated carbocycles. The number of aromatic nitrogens is 5. The van der Waals surface area contributed by atoms with Crippen LogP contribution in [0.2, 0.25) is 0 Å². The topological polar surface area (TPSA) is 144 Å². The smallest absolute Gasteiger partial charge is 0.211 e. The fraction of sp³-hybridized carbons (Fsp3) is 0.227. The van der Waals surface area contributed by atoms with Gasteiger partial charge in [-0.05, 0) is 35.9 Å². The van der Waals surface area contributed by atoms with Crippen molar-refractivity contribution in [2.75, 3.05) is 25.1 Å². The summed E-state index contributed by atoms with van der Waals surface area (Å²) in [6.07, 6.45) is 6.23. The van der Waals surface area contributed by atoms with Crippen molar-refractivity contribution in [2.24, 2.45) is 0 Å². The normalized spacial score (nSPS) is 15.8. The monoisotopic (exact) mass is 460 g/mol. The molecule has 1 aromatic carbocycles. The Morgan fingerprint density at radius 2 is 1.91 bits per heavy atom. The molecule has 1 aliphatic rings. The molecule has 0 radical (unpaired) electrons. The SMILES string of the molecule is CS(=O)(=O)N1CC(CC#N)(n2ncc(-c3cc(-c4cccnc4N)cc4ncccc34)n2)C1. The van der Waals surface area contributed by atoms with Gasteiger partial charge in [0.15, 0.2) is 0 Å². The van der Waals surface area contributed by atoms with Gasteiger partial charge in [-0.25, -0.2) is 13.4 Å². The number of hydrogen-bond acceptors (Lipinski definition) is 8. The highest BCUT2D eigenvalue weighted by Gasteiger charge is 2.50. The zero-order chi connectivity index (χ0) is 23.2. The summed E-state index contributed by atoms with van der Waals surface area (Å²) in [5.41, 5.74) is 9.09. The number of anilines is 1. The summed E-state index contributed by atoms with van der Waals surface area (Å²) in [6, 6.07) is 13.6. The predicted molar refractivity (Wildman–Crippen MR) is 123 cm³/mol. The molecule has 0 aliphatic carbocycles. The van der Waals surface area contributed by atoms with Crippen molar-refractivity contribution in [1.82, 2.24) is 29.3 Å². The van der Waals surface area contributed by atoms with Crippen molar-refractivity contribution < 1.29 is 8.42 Å². The van der Waals surface area contributed by atoms with E-state index in [2.05, 4.69) is 26.2 Å². The number of benzene rings is 1. The lowest BCUT2D eigenvalue weighted by atomic mass is 9.90. The van der Waals surface area contributed by atoms with Gasteiger partial charge in [0.1, 0.15) is 17.1 Å². The number of nitrogens with zero attached hydrogens (tertiary/aromatic N) is 7. The minimum atomic E-state index is -3.35. The van der Waals surface area contributed by atoms with Crippen molar-refractivity contribution in [2.45, 2.75) is 12.0 Å². The molecule has 4 aromatic rings. The van der Waals surface area contributed by atoms with Crippen LogP contribution in [0, 0.1) is 11.3 Å². The lowest BCUT2D eigenvalue weighted by Crippen LogP contribution is -2.64. The first kappa shape index (κ1) is 21.0. The maximum atomic E-state index is 11.9. The number of fused-ring (bicyclic) bond motifs is 1. The van der Waals surface area contributed by atoms with Crippen LogP contribution in [0.4, 0.5) is 5.82 Å². The second kappa shape index (κ2) is 7.61. The van der Waals surface area contributed by atoms with E-state index >= 15 is 0 Å². The molecule has 11 heteroatoms. The molecule has 5 rings (SSSR count). The maximum Gasteiger partial charge on any atom is 0.211 e. The number of sulfonamides is 1. The summed E-state index contributed by atoms with van der Waals surface area (Å²) in [6.45, 7) is 0.310. The molecular weight excluding hydrogens is 440 g/mol. The highest BCUT2D eigenvalue weighted by atomic mass is 32.2. The second-order valence-electron chi connectivity index (χ2n) is 8.14. The van der Waals surface area contributed by atoms with Gasteiger partial charge in [0.25, 0.3) is 0 Å². The Bertz CT molecular complexity index is 1520. The minimum Gasteiger partial charge on any atom is -0.383 e. The van der Waals surface area contributed by atoms with Crippen LogP contribution >= 0.6 is 0 Å². The Morgan fingerprint density at radius 1 is 1.15 bits per heavy atom. The molecule has 0 spiro atoms. The van der Waals surface area contributed by atoms with Crippen LogP contribution in [0.3, 0.4) is 0 Å². The second-order valence-corrected chi connectivity index (χ2v) is 10.1. The third-order valence-corrected chi connectivity index (χ3v) is 7.08. The van der Waals surface area contributed by atoms with Gasteiger partial charge in [-0.1, -0.05) is 6.07 Å². The Balaban J connectivity index is 1.61. The molecule has 1 aliphatic heterocycles. The first-order valence-electron chi connectivity index (χ1n) is 10.2. The van der Waals surface area contributed by atoms with Crippen molar-refractivity contribution in [1.29, 1.82) is 5.26 Å². The zero-order valence-electron chi connectivity index (χ0n) is 17.8. The average Bonchev–Trinajstić information content (AvgIpc) is 3.25. The molecule has 33 heavy (non-hydrogen) atoms. The average molecular weight is 461 g/mol. The summed E-state index contributed by atoms with van der Waals surface area (Å²) >= 11 is 0. The van der Waals surface area contributed by atoms with Gasteiger partial charge in [0.2, 0.25) is 10.0 Å². The molecule has 10 nitrogen and oxygen atoms in total. The van der Waals surface area contributed by atoms with E-state index < -0.39 is 15.6 Å². The Hall–Kier alpha value is -3.88. The third kappa shape index (κ3) is 3.59. The van der Waals surface area contributed by atoms with Crippen LogP contribution in [0.25, 0.3) is 33.3 Å². The molecule has 0 bridgehead atoms. The summed E-state index contributed by atoms with van der Waals surface area (Å²) < 4.78 is 25.1. The van der Waals surface area contributed by atoms with Crippen LogP contribution in [0.5, 0.6) is 0 Å². The van der Waals surface area contributed by atoms with Gasteiger partial charge < -0.3 is 5.73 Å². The van der Waals surface area contributed by atoms with Crippen molar-refractivity contribution in [3.63, 3.8) is 0 Å². The number of rotatable bonds is 5. The predicted octanol–water partition coefficient (Wildman–Crippen LogP) is 2.02. The van der Waals surface area contributed by atoms with Crippen LogP contribution in [-0.2, 0) is 15.6 Å². The van der Waals surface area contributed by atoms with Gasteiger partial charge >= 0.3 is 0 Å². The minimum absolute atomic E-state index is 0.0989. The Kier molecular flexibility index (Phi) is 4.84. The summed E-state index contributed by atoms with van der Waals surface area (Å²) in [5, 5.41) is 19.3. The number of nitrogens with two attached hydrogens (primary N) is 1. The molecule has 3 aromatic heterocycles. The number of pyridine rings is 2. The lowest BCUT2D eigenvalue weighted by molar-refractivity contribution is 0.0579. The van der Waals surface area contributed by atoms with Gasteiger partial charge in [0.05, 0.1) is 30.5 Å². The standard InChI is InChI=1S/C22H20N8O2S/c1-33(31,32)29-13-22(14-29,6-7-23)30-27-12-20(28-30)18-10-15(16-4-2-9-26-21(16)24)11-19-17(18)5-3-8-25-19/h2-5,8-12H,6,13-14H2,1H3,(H2,24,26). The summed E-state index contributed by atoms with van der Waals surface area (Å²) in [7, 11) is -3.35. The van der Waals surface area contributed by atoms with E-state index in [1.54, 1.807) is 18.6 Å². The Labute approximate surface area is 190 Å². The molecule has 1 saturated heterocycles. The third-order valence-electron chi connectivity index (χ3n) is 5.88. The van der Waals surface area contributed by atoms with Gasteiger partial charge in [-0.2, -0.15) is 24.6 Å². The molecule has 1 fully saturated rings. The van der Waals surface area contributed by atoms with Crippen molar-refractivity contribution in [3.8, 4) is 28.5 Å². The van der Waals surface area contributed by atoms with E-state index in [1.807, 2.05) is 36.4 Å². The number of nitrogen functional groups attached to an aromatic ring is 1. The van der Waals surface area contributed by atoms with E-state index in [4.69, 9.17) is 5.73 Å². The van der Waals surface area contributed by atoms with Crippen molar-refractivity contribution >= 4 is 26.7 Å². The quantitative estimate of drug-likeness (QED) is 0.476. The van der Waals surface area contributed by atoms with Crippen LogP contribution in [-0.4, -0.2) is 57.0 Å². The van der Waals surface area contributed by atoms with Crippen LogP contribution in [0.15, 0.2) is 55.0 Å². The molecule has 166 valence electrons. The molecule has 0 amide bonds. The molecule has 0 unspecified atom stereocenters. The zero-order valence-corrected chi connectivity index (χ0v) is 18.6. The van der Waals surface area contributed by atoms with Crippen LogP contribution < -0.4 is 5.73 Å². The molecular formula is C22H20N8O2S. The molecule has 0 atom stereocenters. The van der Waals surface area contributed by atoms with E-state index in [9.17, 15) is 13.7 Å². The highest BCUT2D eigenvalue weighted by Crippen LogP contribution is 2.36. The fourth-order valence-electron chi connectivity index (χ4n) is 4.13. The first-order chi connectivity index (χ1) is 15.8. The van der Waals surface area contributed by atoms with E-state index in [1.165, 1.54) is 9.10 Å². The summed E-state index contributed by atoms with van der Waals surface area (Å²) in [4.78, 5) is 10.2. The fourth-order valence-corrected chi connectivity index (χ4v) is 5.08. The van der Waals surface area contributed by atoms with E-state index in [0.29, 0.717) is 11.5 Å². The largest absolute Gasteiger partial charge is 0.383 e. The number of nitriles is 1. The summed E-state index contributed by atoms with van der Waals surface area (Å²) in [5.74, 6) is 0.408. The van der Waals surface area contributed by atoms with E-state index in [-0.39, 0.29) is 19.5 Å². The lowest BCUT2D eigenvalue weighted by Gasteiger charge is -2.46. The Morgan fingerprint density at radius 3 is 2.64 bits per heavy atom. The molecule has 4 heterocycles. The number of hydrogen-bond donors (Lipinski definition) is 1.